The number of halogens is 1. The van der Waals surface area contributed by atoms with Crippen LogP contribution < -0.4 is 10.6 Å². The van der Waals surface area contributed by atoms with E-state index in [0.29, 0.717) is 0 Å². The number of likely N-dealkylation sites (N-methyl/N-ethyl adjacent to an activating group) is 1. The summed E-state index contributed by atoms with van der Waals surface area (Å²) in [5.41, 5.74) is 9.18. The molecule has 0 bridgehead atoms. The number of hydrogen-bond acceptors (Lipinski definition) is 3. The fraction of sp³-hybridized carbons (Fsp3) is 0.538. The van der Waals surface area contributed by atoms with Gasteiger partial charge in [-0.2, -0.15) is 0 Å². The highest BCUT2D eigenvalue weighted by Crippen LogP contribution is 2.31. The average Bonchev–Trinajstić information content (AvgIpc) is 2.34. The molecule has 1 aliphatic rings. The molecule has 4 heteroatoms. The summed E-state index contributed by atoms with van der Waals surface area (Å²) in [7, 11) is 0. The lowest BCUT2D eigenvalue weighted by atomic mass is 10.1. The van der Waals surface area contributed by atoms with Gasteiger partial charge in [0.1, 0.15) is 0 Å². The van der Waals surface area contributed by atoms with Crippen LogP contribution in [-0.4, -0.2) is 37.6 Å². The van der Waals surface area contributed by atoms with E-state index in [9.17, 15) is 0 Å². The lowest BCUT2D eigenvalue weighted by Crippen LogP contribution is -2.46. The molecule has 0 unspecified atom stereocenters. The normalized spacial score (nSPS) is 17.5. The maximum Gasteiger partial charge on any atom is 0.0515 e. The fourth-order valence-electron chi connectivity index (χ4n) is 2.23. The van der Waals surface area contributed by atoms with Crippen LogP contribution in [-0.2, 0) is 0 Å². The Kier molecular flexibility index (Phi) is 3.94. The second-order valence-electron chi connectivity index (χ2n) is 4.58. The molecule has 1 saturated heterocycles. The molecule has 1 aliphatic heterocycles. The predicted octanol–water partition coefficient (Wildman–Crippen LogP) is 2.48. The molecule has 1 fully saturated rings. The van der Waals surface area contributed by atoms with Crippen molar-refractivity contribution in [3.8, 4) is 0 Å². The summed E-state index contributed by atoms with van der Waals surface area (Å²) in [6, 6.07) is 4.19. The second kappa shape index (κ2) is 5.27. The zero-order valence-electron chi connectivity index (χ0n) is 10.5. The molecule has 1 heterocycles. The van der Waals surface area contributed by atoms with Crippen LogP contribution in [0.1, 0.15) is 12.5 Å². The molecule has 0 saturated carbocycles. The van der Waals surface area contributed by atoms with Crippen LogP contribution in [0.4, 0.5) is 11.4 Å². The van der Waals surface area contributed by atoms with Crippen molar-refractivity contribution >= 4 is 27.3 Å². The highest BCUT2D eigenvalue weighted by molar-refractivity contribution is 9.10. The number of nitrogens with two attached hydrogens (primary N) is 1. The number of nitrogen functional groups attached to an aromatic ring is 1. The van der Waals surface area contributed by atoms with E-state index in [4.69, 9.17) is 5.73 Å². The van der Waals surface area contributed by atoms with Gasteiger partial charge in [-0.3, -0.25) is 0 Å². The fourth-order valence-corrected chi connectivity index (χ4v) is 2.84. The van der Waals surface area contributed by atoms with Crippen LogP contribution in [0.25, 0.3) is 0 Å². The summed E-state index contributed by atoms with van der Waals surface area (Å²) in [6.07, 6.45) is 0. The summed E-state index contributed by atoms with van der Waals surface area (Å²) in [6.45, 7) is 9.91. The van der Waals surface area contributed by atoms with Crippen molar-refractivity contribution in [1.82, 2.24) is 4.90 Å². The number of aryl methyl sites for hydroxylation is 1. The Labute approximate surface area is 112 Å². The first-order chi connectivity index (χ1) is 8.11. The molecule has 2 rings (SSSR count). The monoisotopic (exact) mass is 297 g/mol. The molecule has 0 spiro atoms. The SMILES string of the molecule is CCN1CCN(c2cc(C)c(N)cc2Br)CC1. The largest absolute Gasteiger partial charge is 0.398 e. The molecule has 0 radical (unpaired) electrons. The minimum Gasteiger partial charge on any atom is -0.398 e. The third-order valence-corrected chi connectivity index (χ3v) is 4.13. The molecule has 3 nitrogen and oxygen atoms in total. The highest BCUT2D eigenvalue weighted by Gasteiger charge is 2.18. The van der Waals surface area contributed by atoms with E-state index in [0.717, 1.165) is 48.4 Å². The first-order valence-electron chi connectivity index (χ1n) is 6.14. The van der Waals surface area contributed by atoms with E-state index >= 15 is 0 Å². The Morgan fingerprint density at radius 1 is 1.24 bits per heavy atom. The Morgan fingerprint density at radius 3 is 2.47 bits per heavy atom. The molecular weight excluding hydrogens is 278 g/mol. The van der Waals surface area contributed by atoms with Crippen molar-refractivity contribution in [1.29, 1.82) is 0 Å². The van der Waals surface area contributed by atoms with E-state index in [2.05, 4.69) is 45.6 Å². The van der Waals surface area contributed by atoms with Gasteiger partial charge in [-0.05, 0) is 47.1 Å². The summed E-state index contributed by atoms with van der Waals surface area (Å²) in [4.78, 5) is 4.91. The van der Waals surface area contributed by atoms with E-state index < -0.39 is 0 Å². The minimum atomic E-state index is 0.854. The van der Waals surface area contributed by atoms with Gasteiger partial charge >= 0.3 is 0 Å². The number of nitrogens with zero attached hydrogens (tertiary/aromatic N) is 2. The molecular formula is C13H20BrN3. The van der Waals surface area contributed by atoms with E-state index in [1.165, 1.54) is 5.69 Å². The quantitative estimate of drug-likeness (QED) is 0.851. The zero-order valence-corrected chi connectivity index (χ0v) is 12.1. The van der Waals surface area contributed by atoms with Crippen LogP contribution in [0.5, 0.6) is 0 Å². The number of piperazine rings is 1. The zero-order chi connectivity index (χ0) is 12.4. The molecule has 17 heavy (non-hydrogen) atoms. The average molecular weight is 298 g/mol. The van der Waals surface area contributed by atoms with Crippen LogP contribution in [0.2, 0.25) is 0 Å². The number of rotatable bonds is 2. The van der Waals surface area contributed by atoms with Crippen LogP contribution in [0, 0.1) is 6.92 Å². The smallest absolute Gasteiger partial charge is 0.0515 e. The minimum absolute atomic E-state index is 0.854. The van der Waals surface area contributed by atoms with Gasteiger partial charge in [0, 0.05) is 36.3 Å². The predicted molar refractivity (Wildman–Crippen MR) is 77.6 cm³/mol. The van der Waals surface area contributed by atoms with Crippen molar-refractivity contribution in [2.45, 2.75) is 13.8 Å². The van der Waals surface area contributed by atoms with Crippen molar-refractivity contribution in [2.75, 3.05) is 43.4 Å². The van der Waals surface area contributed by atoms with Crippen molar-refractivity contribution in [3.63, 3.8) is 0 Å². The van der Waals surface area contributed by atoms with Gasteiger partial charge in [-0.1, -0.05) is 6.92 Å². The van der Waals surface area contributed by atoms with Gasteiger partial charge < -0.3 is 15.5 Å². The number of anilines is 2. The molecule has 94 valence electrons. The molecule has 1 aromatic rings. The van der Waals surface area contributed by atoms with E-state index in [1.54, 1.807) is 0 Å². The first kappa shape index (κ1) is 12.7. The van der Waals surface area contributed by atoms with Crippen molar-refractivity contribution < 1.29 is 0 Å². The number of hydrogen-bond donors (Lipinski definition) is 1. The maximum absolute atomic E-state index is 5.91. The number of benzene rings is 1. The Hall–Kier alpha value is -0.740. The third kappa shape index (κ3) is 2.75. The van der Waals surface area contributed by atoms with Crippen molar-refractivity contribution in [2.24, 2.45) is 0 Å². The molecule has 1 aromatic carbocycles. The van der Waals surface area contributed by atoms with Gasteiger partial charge in [-0.15, -0.1) is 0 Å². The van der Waals surface area contributed by atoms with Crippen molar-refractivity contribution in [3.05, 3.63) is 22.2 Å². The first-order valence-corrected chi connectivity index (χ1v) is 6.94. The Bertz CT molecular complexity index is 398. The van der Waals surface area contributed by atoms with Gasteiger partial charge in [0.05, 0.1) is 5.69 Å². The van der Waals surface area contributed by atoms with Crippen LogP contribution in [0.15, 0.2) is 16.6 Å². The second-order valence-corrected chi connectivity index (χ2v) is 5.44. The van der Waals surface area contributed by atoms with E-state index in [1.807, 2.05) is 6.07 Å². The summed E-state index contributed by atoms with van der Waals surface area (Å²) < 4.78 is 1.10. The van der Waals surface area contributed by atoms with Gasteiger partial charge in [0.15, 0.2) is 0 Å². The molecule has 0 aliphatic carbocycles. The highest BCUT2D eigenvalue weighted by atomic mass is 79.9. The standard InChI is InChI=1S/C13H20BrN3/c1-3-16-4-6-17(7-5-16)13-8-10(2)12(15)9-11(13)14/h8-9H,3-7,15H2,1-2H3. The van der Waals surface area contributed by atoms with Gasteiger partial charge in [-0.25, -0.2) is 0 Å². The molecule has 0 atom stereocenters. The molecule has 0 aromatic heterocycles. The van der Waals surface area contributed by atoms with Gasteiger partial charge in [0.2, 0.25) is 0 Å². The molecule has 0 amide bonds. The lowest BCUT2D eigenvalue weighted by Gasteiger charge is -2.36. The van der Waals surface area contributed by atoms with Crippen LogP contribution >= 0.6 is 15.9 Å². The topological polar surface area (TPSA) is 32.5 Å². The lowest BCUT2D eigenvalue weighted by molar-refractivity contribution is 0.271. The summed E-state index contributed by atoms with van der Waals surface area (Å²) in [5, 5.41) is 0. The summed E-state index contributed by atoms with van der Waals surface area (Å²) in [5.74, 6) is 0. The van der Waals surface area contributed by atoms with Gasteiger partial charge in [0.25, 0.3) is 0 Å². The third-order valence-electron chi connectivity index (χ3n) is 3.50. The Morgan fingerprint density at radius 2 is 1.88 bits per heavy atom. The molecule has 2 N–H and O–H groups in total. The van der Waals surface area contributed by atoms with Crippen LogP contribution in [0.3, 0.4) is 0 Å². The Balaban J connectivity index is 2.16. The summed E-state index contributed by atoms with van der Waals surface area (Å²) >= 11 is 3.61. The van der Waals surface area contributed by atoms with E-state index in [-0.39, 0.29) is 0 Å². The maximum atomic E-state index is 5.91.